The van der Waals surface area contributed by atoms with Crippen LogP contribution in [0, 0.1) is 6.92 Å². The van der Waals surface area contributed by atoms with Crippen molar-refractivity contribution < 1.29 is 4.79 Å². The Balaban J connectivity index is 1.38. The minimum Gasteiger partial charge on any atom is -0.336 e. The van der Waals surface area contributed by atoms with Crippen molar-refractivity contribution >= 4 is 28.6 Å². The van der Waals surface area contributed by atoms with Gasteiger partial charge in [0.1, 0.15) is 5.65 Å². The summed E-state index contributed by atoms with van der Waals surface area (Å²) in [7, 11) is 0. The zero-order chi connectivity index (χ0) is 23.8. The Kier molecular flexibility index (Phi) is 6.08. The van der Waals surface area contributed by atoms with Gasteiger partial charge in [-0.25, -0.2) is 4.98 Å². The second kappa shape index (κ2) is 9.18. The summed E-state index contributed by atoms with van der Waals surface area (Å²) in [5.41, 5.74) is 3.03. The molecule has 34 heavy (non-hydrogen) atoms. The van der Waals surface area contributed by atoms with Gasteiger partial charge in [-0.2, -0.15) is 4.98 Å². The average Bonchev–Trinajstić information content (AvgIpc) is 3.33. The molecule has 2 aromatic heterocycles. The molecule has 178 valence electrons. The van der Waals surface area contributed by atoms with Gasteiger partial charge < -0.3 is 15.5 Å². The molecule has 1 saturated carbocycles. The molecule has 1 aliphatic heterocycles. The van der Waals surface area contributed by atoms with Crippen LogP contribution < -0.4 is 16.2 Å². The van der Waals surface area contributed by atoms with Crippen LogP contribution in [0.1, 0.15) is 61.5 Å². The molecule has 3 aromatic rings. The fourth-order valence-corrected chi connectivity index (χ4v) is 5.35. The molecule has 0 radical (unpaired) electrons. The van der Waals surface area contributed by atoms with E-state index in [1.54, 1.807) is 12.3 Å². The average molecular weight is 461 g/mol. The number of carbonyl (C=O) groups excluding carboxylic acids is 1. The van der Waals surface area contributed by atoms with Crippen molar-refractivity contribution in [2.75, 3.05) is 18.4 Å². The molecule has 8 nitrogen and oxygen atoms in total. The Bertz CT molecular complexity index is 1250. The molecule has 8 heteroatoms. The van der Waals surface area contributed by atoms with Gasteiger partial charge >= 0.3 is 0 Å². The highest BCUT2D eigenvalue weighted by Crippen LogP contribution is 2.31. The van der Waals surface area contributed by atoms with Crippen LogP contribution in [0.15, 0.2) is 41.3 Å². The van der Waals surface area contributed by atoms with Gasteiger partial charge in [-0.05, 0) is 63.4 Å². The van der Waals surface area contributed by atoms with Crippen LogP contribution in [0.5, 0.6) is 0 Å². The standard InChI is InChI=1S/C26H32N6O2/c1-16-12-23(33)32(21-6-4-5-7-21)24-22(16)13-27-26(30-24)29-20-10-8-19(9-11-20)25(34)31-14-17(2)28-18(3)15-31/h8-13,17-18,21,28H,4-7,14-15H2,1-3H3,(H,27,29,30). The summed E-state index contributed by atoms with van der Waals surface area (Å²) in [4.78, 5) is 36.9. The van der Waals surface area contributed by atoms with Crippen LogP contribution in [0.2, 0.25) is 0 Å². The molecule has 1 amide bonds. The SMILES string of the molecule is Cc1cc(=O)n(C2CCCC2)c2nc(Nc3ccc(C(=O)N4CC(C)NC(C)C4)cc3)ncc12. The van der Waals surface area contributed by atoms with E-state index >= 15 is 0 Å². The third-order valence-corrected chi connectivity index (χ3v) is 6.92. The number of hydrogen-bond acceptors (Lipinski definition) is 6. The first-order valence-corrected chi connectivity index (χ1v) is 12.2. The molecule has 2 aliphatic rings. The van der Waals surface area contributed by atoms with Crippen molar-refractivity contribution in [2.24, 2.45) is 0 Å². The Morgan fingerprint density at radius 2 is 1.76 bits per heavy atom. The molecule has 3 heterocycles. The van der Waals surface area contributed by atoms with E-state index < -0.39 is 0 Å². The summed E-state index contributed by atoms with van der Waals surface area (Å²) in [5.74, 6) is 0.484. The fraction of sp³-hybridized carbons (Fsp3) is 0.462. The van der Waals surface area contributed by atoms with E-state index in [9.17, 15) is 9.59 Å². The van der Waals surface area contributed by atoms with Crippen LogP contribution in [0.3, 0.4) is 0 Å². The number of benzene rings is 1. The number of carbonyl (C=O) groups is 1. The zero-order valence-corrected chi connectivity index (χ0v) is 20.0. The van der Waals surface area contributed by atoms with E-state index in [2.05, 4.69) is 29.5 Å². The normalized spacial score (nSPS) is 21.2. The minimum atomic E-state index is 0.000893. The lowest BCUT2D eigenvalue weighted by Gasteiger charge is -2.36. The van der Waals surface area contributed by atoms with Crippen molar-refractivity contribution in [2.45, 2.75) is 64.6 Å². The van der Waals surface area contributed by atoms with Crippen molar-refractivity contribution in [3.63, 3.8) is 0 Å². The number of amides is 1. The Labute approximate surface area is 199 Å². The number of fused-ring (bicyclic) bond motifs is 1. The highest BCUT2D eigenvalue weighted by Gasteiger charge is 2.25. The van der Waals surface area contributed by atoms with Crippen LogP contribution >= 0.6 is 0 Å². The van der Waals surface area contributed by atoms with E-state index in [1.807, 2.05) is 40.7 Å². The molecule has 1 aliphatic carbocycles. The van der Waals surface area contributed by atoms with Gasteiger partial charge in [0, 0.05) is 60.1 Å². The van der Waals surface area contributed by atoms with E-state index in [4.69, 9.17) is 4.98 Å². The van der Waals surface area contributed by atoms with Crippen LogP contribution in [0.4, 0.5) is 11.6 Å². The summed E-state index contributed by atoms with van der Waals surface area (Å²) in [6.45, 7) is 7.53. The smallest absolute Gasteiger partial charge is 0.253 e. The van der Waals surface area contributed by atoms with Crippen molar-refractivity contribution in [1.29, 1.82) is 0 Å². The van der Waals surface area contributed by atoms with Gasteiger partial charge in [-0.1, -0.05) is 12.8 Å². The Hall–Kier alpha value is -3.26. The number of nitrogens with zero attached hydrogens (tertiary/aromatic N) is 4. The molecule has 2 atom stereocenters. The number of nitrogens with one attached hydrogen (secondary N) is 2. The predicted octanol–water partition coefficient (Wildman–Crippen LogP) is 3.78. The second-order valence-corrected chi connectivity index (χ2v) is 9.79. The highest BCUT2D eigenvalue weighted by molar-refractivity contribution is 5.94. The fourth-order valence-electron chi connectivity index (χ4n) is 5.35. The lowest BCUT2D eigenvalue weighted by molar-refractivity contribution is 0.0674. The van der Waals surface area contributed by atoms with Gasteiger partial charge in [0.25, 0.3) is 11.5 Å². The summed E-state index contributed by atoms with van der Waals surface area (Å²) >= 11 is 0. The lowest BCUT2D eigenvalue weighted by atomic mass is 10.1. The third-order valence-electron chi connectivity index (χ3n) is 6.92. The van der Waals surface area contributed by atoms with E-state index in [1.165, 1.54) is 0 Å². The predicted molar refractivity (Wildman–Crippen MR) is 134 cm³/mol. The summed E-state index contributed by atoms with van der Waals surface area (Å²) in [6, 6.07) is 9.86. The molecule has 0 bridgehead atoms. The summed E-state index contributed by atoms with van der Waals surface area (Å²) in [5, 5.41) is 7.59. The highest BCUT2D eigenvalue weighted by atomic mass is 16.2. The molecular weight excluding hydrogens is 428 g/mol. The maximum atomic E-state index is 13.0. The molecular formula is C26H32N6O2. The van der Waals surface area contributed by atoms with Gasteiger partial charge in [0.2, 0.25) is 5.95 Å². The first-order chi connectivity index (χ1) is 16.4. The number of aromatic nitrogens is 3. The van der Waals surface area contributed by atoms with E-state index in [-0.39, 0.29) is 29.6 Å². The molecule has 2 unspecified atom stereocenters. The molecule has 0 spiro atoms. The molecule has 1 aromatic carbocycles. The topological polar surface area (TPSA) is 92.2 Å². The number of aryl methyl sites for hydroxylation is 1. The van der Waals surface area contributed by atoms with E-state index in [0.29, 0.717) is 30.2 Å². The number of pyridine rings is 1. The zero-order valence-electron chi connectivity index (χ0n) is 20.0. The first-order valence-electron chi connectivity index (χ1n) is 12.2. The largest absolute Gasteiger partial charge is 0.336 e. The van der Waals surface area contributed by atoms with Gasteiger partial charge in [-0.15, -0.1) is 0 Å². The lowest BCUT2D eigenvalue weighted by Crippen LogP contribution is -2.55. The van der Waals surface area contributed by atoms with Crippen LogP contribution in [-0.4, -0.2) is 50.5 Å². The third kappa shape index (κ3) is 4.42. The van der Waals surface area contributed by atoms with Gasteiger partial charge in [0.15, 0.2) is 0 Å². The van der Waals surface area contributed by atoms with Gasteiger partial charge in [-0.3, -0.25) is 14.2 Å². The maximum Gasteiger partial charge on any atom is 0.253 e. The Morgan fingerprint density at radius 3 is 2.44 bits per heavy atom. The number of hydrogen-bond donors (Lipinski definition) is 2. The monoisotopic (exact) mass is 460 g/mol. The molecule has 2 N–H and O–H groups in total. The number of anilines is 2. The van der Waals surface area contributed by atoms with Crippen molar-refractivity contribution in [3.05, 3.63) is 58.0 Å². The molecule has 5 rings (SSSR count). The van der Waals surface area contributed by atoms with Crippen molar-refractivity contribution in [1.82, 2.24) is 24.8 Å². The first kappa shape index (κ1) is 22.5. The van der Waals surface area contributed by atoms with Gasteiger partial charge in [0.05, 0.1) is 0 Å². The quantitative estimate of drug-likeness (QED) is 0.616. The van der Waals surface area contributed by atoms with E-state index in [0.717, 1.165) is 42.3 Å². The second-order valence-electron chi connectivity index (χ2n) is 9.79. The Morgan fingerprint density at radius 1 is 1.09 bits per heavy atom. The minimum absolute atomic E-state index is 0.000893. The van der Waals surface area contributed by atoms with Crippen molar-refractivity contribution in [3.8, 4) is 0 Å². The maximum absolute atomic E-state index is 13.0. The number of piperazine rings is 1. The summed E-state index contributed by atoms with van der Waals surface area (Å²) in [6.07, 6.45) is 6.07. The molecule has 1 saturated heterocycles. The molecule has 2 fully saturated rings. The van der Waals surface area contributed by atoms with Crippen LogP contribution in [0.25, 0.3) is 11.0 Å². The number of rotatable bonds is 4. The summed E-state index contributed by atoms with van der Waals surface area (Å²) < 4.78 is 1.85. The van der Waals surface area contributed by atoms with Crippen LogP contribution in [-0.2, 0) is 0 Å².